The normalized spacial score (nSPS) is 17.1. The number of rotatable bonds is 8. The molecule has 0 aromatic rings. The average Bonchev–Trinajstić information content (AvgIpc) is 2.35. The van der Waals surface area contributed by atoms with Gasteiger partial charge in [-0.05, 0) is 58.3 Å². The highest BCUT2D eigenvalue weighted by Gasteiger charge is 2.13. The zero-order chi connectivity index (χ0) is 11.6. The van der Waals surface area contributed by atoms with E-state index in [-0.39, 0.29) is 12.4 Å². The third-order valence-electron chi connectivity index (χ3n) is 3.52. The van der Waals surface area contributed by atoms with Crippen LogP contribution in [-0.4, -0.2) is 50.8 Å². The molecule has 0 spiro atoms. The molecule has 1 saturated heterocycles. The van der Waals surface area contributed by atoms with Crippen molar-refractivity contribution in [2.24, 2.45) is 5.92 Å². The molecule has 1 fully saturated rings. The van der Waals surface area contributed by atoms with Gasteiger partial charge in [-0.25, -0.2) is 0 Å². The van der Waals surface area contributed by atoms with E-state index in [4.69, 9.17) is 4.74 Å². The van der Waals surface area contributed by atoms with Crippen LogP contribution in [0.5, 0.6) is 0 Å². The van der Waals surface area contributed by atoms with E-state index in [2.05, 4.69) is 24.1 Å². The minimum atomic E-state index is 0. The summed E-state index contributed by atoms with van der Waals surface area (Å²) < 4.78 is 5.41. The summed E-state index contributed by atoms with van der Waals surface area (Å²) in [5, 5.41) is 3.42. The fourth-order valence-corrected chi connectivity index (χ4v) is 2.30. The smallest absolute Gasteiger partial charge is 0.0593 e. The van der Waals surface area contributed by atoms with Crippen LogP contribution >= 0.6 is 12.4 Å². The van der Waals surface area contributed by atoms with E-state index in [1.807, 2.05) is 0 Å². The molecule has 0 amide bonds. The van der Waals surface area contributed by atoms with Crippen LogP contribution in [0.15, 0.2) is 0 Å². The number of hydrogen-bond acceptors (Lipinski definition) is 3. The molecule has 17 heavy (non-hydrogen) atoms. The van der Waals surface area contributed by atoms with Crippen molar-refractivity contribution in [2.75, 3.05) is 45.9 Å². The lowest BCUT2D eigenvalue weighted by molar-refractivity contribution is 0.112. The first kappa shape index (κ1) is 17.2. The molecule has 1 N–H and O–H groups in total. The fourth-order valence-electron chi connectivity index (χ4n) is 2.30. The number of hydrogen-bond donors (Lipinski definition) is 1. The van der Waals surface area contributed by atoms with Crippen LogP contribution in [-0.2, 0) is 4.74 Å². The highest BCUT2D eigenvalue weighted by Crippen LogP contribution is 2.16. The number of ether oxygens (including phenoxy) is 1. The first-order chi connectivity index (χ1) is 7.86. The summed E-state index contributed by atoms with van der Waals surface area (Å²) in [6.07, 6.45) is 4.09. The number of nitrogens with zero attached hydrogens (tertiary/aromatic N) is 1. The van der Waals surface area contributed by atoms with E-state index in [9.17, 15) is 0 Å². The van der Waals surface area contributed by atoms with Crippen LogP contribution in [0.3, 0.4) is 0 Å². The highest BCUT2D eigenvalue weighted by atomic mass is 35.5. The molecular weight excluding hydrogens is 236 g/mol. The Balaban J connectivity index is 0.00000256. The second kappa shape index (κ2) is 11.3. The van der Waals surface area contributed by atoms with Crippen LogP contribution in [0.25, 0.3) is 0 Å². The van der Waals surface area contributed by atoms with Gasteiger partial charge in [-0.15, -0.1) is 12.4 Å². The first-order valence-corrected chi connectivity index (χ1v) is 6.87. The zero-order valence-corrected chi connectivity index (χ0v) is 12.2. The number of halogens is 1. The van der Waals surface area contributed by atoms with Crippen molar-refractivity contribution in [3.63, 3.8) is 0 Å². The van der Waals surface area contributed by atoms with Crippen LogP contribution < -0.4 is 5.32 Å². The fraction of sp³-hybridized carbons (Fsp3) is 1.00. The minimum absolute atomic E-state index is 0. The van der Waals surface area contributed by atoms with Crippen molar-refractivity contribution in [3.05, 3.63) is 0 Å². The quantitative estimate of drug-likeness (QED) is 0.680. The van der Waals surface area contributed by atoms with E-state index in [1.54, 1.807) is 0 Å². The zero-order valence-electron chi connectivity index (χ0n) is 11.4. The van der Waals surface area contributed by atoms with E-state index < -0.39 is 0 Å². The molecule has 1 aliphatic rings. The van der Waals surface area contributed by atoms with Gasteiger partial charge in [0, 0.05) is 13.2 Å². The van der Waals surface area contributed by atoms with Gasteiger partial charge < -0.3 is 15.0 Å². The Bertz CT molecular complexity index is 163. The molecule has 104 valence electrons. The van der Waals surface area contributed by atoms with Gasteiger partial charge in [-0.1, -0.05) is 6.92 Å². The van der Waals surface area contributed by atoms with E-state index in [1.165, 1.54) is 38.9 Å². The van der Waals surface area contributed by atoms with Gasteiger partial charge in [0.1, 0.15) is 0 Å². The highest BCUT2D eigenvalue weighted by molar-refractivity contribution is 5.85. The van der Waals surface area contributed by atoms with Crippen molar-refractivity contribution in [1.82, 2.24) is 10.2 Å². The van der Waals surface area contributed by atoms with Gasteiger partial charge in [-0.3, -0.25) is 0 Å². The molecule has 0 bridgehead atoms. The number of piperidine rings is 1. The number of likely N-dealkylation sites (N-methyl/N-ethyl adjacent to an activating group) is 1. The van der Waals surface area contributed by atoms with Gasteiger partial charge in [0.2, 0.25) is 0 Å². The molecule has 0 radical (unpaired) electrons. The summed E-state index contributed by atoms with van der Waals surface area (Å²) in [6, 6.07) is 0. The molecule has 0 aromatic carbocycles. The molecule has 1 heterocycles. The molecule has 0 aromatic heterocycles. The minimum Gasteiger partial charge on any atom is -0.380 e. The standard InChI is InChI=1S/C13H28N2O.ClH/c1-3-15(11-12-16-4-2)10-7-13-5-8-14-9-6-13;/h13-14H,3-12H2,1-2H3;1H. The molecule has 0 saturated carbocycles. The number of nitrogens with one attached hydrogen (secondary N) is 1. The van der Waals surface area contributed by atoms with Crippen LogP contribution in [0, 0.1) is 5.92 Å². The Morgan fingerprint density at radius 2 is 1.88 bits per heavy atom. The van der Waals surface area contributed by atoms with Crippen LogP contribution in [0.1, 0.15) is 33.1 Å². The summed E-state index contributed by atoms with van der Waals surface area (Å²) in [5.74, 6) is 0.947. The molecule has 0 aliphatic carbocycles. The Morgan fingerprint density at radius 1 is 1.18 bits per heavy atom. The Morgan fingerprint density at radius 3 is 2.47 bits per heavy atom. The summed E-state index contributed by atoms with van der Waals surface area (Å²) in [7, 11) is 0. The van der Waals surface area contributed by atoms with E-state index >= 15 is 0 Å². The monoisotopic (exact) mass is 264 g/mol. The lowest BCUT2D eigenvalue weighted by Gasteiger charge is -2.26. The molecule has 0 atom stereocenters. The third-order valence-corrected chi connectivity index (χ3v) is 3.52. The first-order valence-electron chi connectivity index (χ1n) is 6.87. The van der Waals surface area contributed by atoms with Gasteiger partial charge in [0.25, 0.3) is 0 Å². The Kier molecular flexibility index (Phi) is 11.4. The van der Waals surface area contributed by atoms with Crippen molar-refractivity contribution >= 4 is 12.4 Å². The van der Waals surface area contributed by atoms with Gasteiger partial charge in [0.15, 0.2) is 0 Å². The van der Waals surface area contributed by atoms with Crippen LogP contribution in [0.2, 0.25) is 0 Å². The molecule has 4 heteroatoms. The molecule has 3 nitrogen and oxygen atoms in total. The maximum Gasteiger partial charge on any atom is 0.0593 e. The average molecular weight is 265 g/mol. The van der Waals surface area contributed by atoms with Gasteiger partial charge in [0.05, 0.1) is 6.61 Å². The van der Waals surface area contributed by atoms with Crippen molar-refractivity contribution in [3.8, 4) is 0 Å². The predicted molar refractivity (Wildman–Crippen MR) is 76.1 cm³/mol. The van der Waals surface area contributed by atoms with Gasteiger partial charge >= 0.3 is 0 Å². The molecular formula is C13H29ClN2O. The summed E-state index contributed by atoms with van der Waals surface area (Å²) in [5.41, 5.74) is 0. The lowest BCUT2D eigenvalue weighted by atomic mass is 9.94. The maximum absolute atomic E-state index is 5.41. The van der Waals surface area contributed by atoms with Gasteiger partial charge in [-0.2, -0.15) is 0 Å². The SMILES string of the molecule is CCOCCN(CC)CCC1CCNCC1.Cl. The molecule has 1 rings (SSSR count). The second-order valence-corrected chi connectivity index (χ2v) is 4.61. The Hall–Kier alpha value is 0.170. The van der Waals surface area contributed by atoms with E-state index in [0.717, 1.165) is 32.2 Å². The maximum atomic E-state index is 5.41. The topological polar surface area (TPSA) is 24.5 Å². The third kappa shape index (κ3) is 7.98. The summed E-state index contributed by atoms with van der Waals surface area (Å²) in [4.78, 5) is 2.51. The largest absolute Gasteiger partial charge is 0.380 e. The van der Waals surface area contributed by atoms with E-state index in [0.29, 0.717) is 0 Å². The predicted octanol–water partition coefficient (Wildman–Crippen LogP) is 2.16. The summed E-state index contributed by atoms with van der Waals surface area (Å²) in [6.45, 7) is 12.0. The van der Waals surface area contributed by atoms with Crippen molar-refractivity contribution in [1.29, 1.82) is 0 Å². The molecule has 0 unspecified atom stereocenters. The lowest BCUT2D eigenvalue weighted by Crippen LogP contribution is -2.33. The summed E-state index contributed by atoms with van der Waals surface area (Å²) >= 11 is 0. The molecule has 1 aliphatic heterocycles. The van der Waals surface area contributed by atoms with Crippen molar-refractivity contribution in [2.45, 2.75) is 33.1 Å². The second-order valence-electron chi connectivity index (χ2n) is 4.61. The van der Waals surface area contributed by atoms with Crippen LogP contribution in [0.4, 0.5) is 0 Å². The Labute approximate surface area is 113 Å². The van der Waals surface area contributed by atoms with Crippen molar-refractivity contribution < 1.29 is 4.74 Å².